The fourth-order valence-electron chi connectivity index (χ4n) is 2.36. The van der Waals surface area contributed by atoms with Crippen LogP contribution < -0.4 is 0 Å². The standard InChI is InChI=1S/C15H16F3N5O/c1-3-22(8-10(2)6-19)13(24)9-23-12-4-5-20-7-11(12)14(21-23)15(16,17)18/h4-5,7,10H,3,8-9H2,1-2H3. The van der Waals surface area contributed by atoms with Crippen LogP contribution in [0, 0.1) is 17.2 Å². The summed E-state index contributed by atoms with van der Waals surface area (Å²) < 4.78 is 40.3. The quantitative estimate of drug-likeness (QED) is 0.839. The van der Waals surface area contributed by atoms with Crippen molar-refractivity contribution in [2.75, 3.05) is 13.1 Å². The van der Waals surface area contributed by atoms with Crippen LogP contribution in [0.5, 0.6) is 0 Å². The zero-order valence-corrected chi connectivity index (χ0v) is 13.2. The average molecular weight is 339 g/mol. The minimum absolute atomic E-state index is 0.147. The molecular formula is C15H16F3N5O. The fraction of sp³-hybridized carbons (Fsp3) is 0.467. The SMILES string of the molecule is CCN(CC(C)C#N)C(=O)Cn1nc(C(F)(F)F)c2cnccc21. The van der Waals surface area contributed by atoms with Gasteiger partial charge in [0.25, 0.3) is 0 Å². The van der Waals surface area contributed by atoms with Gasteiger partial charge in [-0.1, -0.05) is 0 Å². The van der Waals surface area contributed by atoms with Gasteiger partial charge in [-0.25, -0.2) is 0 Å². The van der Waals surface area contributed by atoms with Crippen LogP contribution in [0.1, 0.15) is 19.5 Å². The molecule has 0 aliphatic rings. The second-order valence-electron chi connectivity index (χ2n) is 5.36. The van der Waals surface area contributed by atoms with Crippen LogP contribution in [-0.2, 0) is 17.5 Å². The van der Waals surface area contributed by atoms with Gasteiger partial charge in [0.15, 0.2) is 5.69 Å². The van der Waals surface area contributed by atoms with Crippen molar-refractivity contribution in [1.29, 1.82) is 5.26 Å². The zero-order chi connectivity index (χ0) is 17.9. The second kappa shape index (κ2) is 6.86. The molecule has 0 N–H and O–H groups in total. The number of fused-ring (bicyclic) bond motifs is 1. The van der Waals surface area contributed by atoms with Gasteiger partial charge in [0.05, 0.1) is 22.9 Å². The Bertz CT molecular complexity index is 777. The minimum atomic E-state index is -4.63. The van der Waals surface area contributed by atoms with Crippen molar-refractivity contribution < 1.29 is 18.0 Å². The molecule has 0 aliphatic heterocycles. The number of nitriles is 1. The maximum absolute atomic E-state index is 13.1. The summed E-state index contributed by atoms with van der Waals surface area (Å²) in [5.41, 5.74) is -0.873. The molecule has 2 rings (SSSR count). The van der Waals surface area contributed by atoms with E-state index in [1.165, 1.54) is 17.2 Å². The lowest BCUT2D eigenvalue weighted by Gasteiger charge is -2.22. The Hall–Kier alpha value is -2.63. The average Bonchev–Trinajstić information content (AvgIpc) is 2.91. The number of likely N-dealkylation sites (N-methyl/N-ethyl adjacent to an activating group) is 1. The van der Waals surface area contributed by atoms with E-state index in [2.05, 4.69) is 10.1 Å². The molecule has 1 amide bonds. The van der Waals surface area contributed by atoms with Gasteiger partial charge < -0.3 is 4.90 Å². The molecule has 0 aliphatic carbocycles. The van der Waals surface area contributed by atoms with Crippen LogP contribution in [0.2, 0.25) is 0 Å². The maximum atomic E-state index is 13.1. The number of alkyl halides is 3. The van der Waals surface area contributed by atoms with Gasteiger partial charge in [-0.2, -0.15) is 23.5 Å². The number of hydrogen-bond donors (Lipinski definition) is 0. The van der Waals surface area contributed by atoms with Crippen molar-refractivity contribution in [3.63, 3.8) is 0 Å². The molecule has 0 saturated carbocycles. The van der Waals surface area contributed by atoms with Crippen LogP contribution in [0.25, 0.3) is 10.9 Å². The summed E-state index contributed by atoms with van der Waals surface area (Å²) in [4.78, 5) is 17.5. The van der Waals surface area contributed by atoms with E-state index in [4.69, 9.17) is 5.26 Å². The predicted molar refractivity (Wildman–Crippen MR) is 79.6 cm³/mol. The van der Waals surface area contributed by atoms with Crippen molar-refractivity contribution in [1.82, 2.24) is 19.7 Å². The van der Waals surface area contributed by atoms with Crippen LogP contribution in [0.3, 0.4) is 0 Å². The highest BCUT2D eigenvalue weighted by Gasteiger charge is 2.37. The monoisotopic (exact) mass is 339 g/mol. The van der Waals surface area contributed by atoms with Gasteiger partial charge in [-0.3, -0.25) is 14.5 Å². The molecule has 24 heavy (non-hydrogen) atoms. The first kappa shape index (κ1) is 17.7. The van der Waals surface area contributed by atoms with Crippen molar-refractivity contribution >= 4 is 16.8 Å². The number of halogens is 3. The van der Waals surface area contributed by atoms with E-state index in [-0.39, 0.29) is 29.9 Å². The Balaban J connectivity index is 2.33. The number of nitrogens with zero attached hydrogens (tertiary/aromatic N) is 5. The number of amides is 1. The summed E-state index contributed by atoms with van der Waals surface area (Å²) in [7, 11) is 0. The molecule has 9 heteroatoms. The molecule has 0 spiro atoms. The van der Waals surface area contributed by atoms with E-state index in [1.54, 1.807) is 13.8 Å². The predicted octanol–water partition coefficient (Wildman–Crippen LogP) is 2.46. The molecule has 1 unspecified atom stereocenters. The molecule has 128 valence electrons. The van der Waals surface area contributed by atoms with Gasteiger partial charge in [0.2, 0.25) is 5.91 Å². The lowest BCUT2D eigenvalue weighted by molar-refractivity contribution is -0.141. The molecular weight excluding hydrogens is 323 g/mol. The van der Waals surface area contributed by atoms with Crippen LogP contribution in [0.4, 0.5) is 13.2 Å². The first-order chi connectivity index (χ1) is 11.3. The Labute approximate surface area is 136 Å². The van der Waals surface area contributed by atoms with E-state index in [1.807, 2.05) is 6.07 Å². The van der Waals surface area contributed by atoms with Crippen LogP contribution in [0.15, 0.2) is 18.5 Å². The Morgan fingerprint density at radius 2 is 2.21 bits per heavy atom. The first-order valence-corrected chi connectivity index (χ1v) is 7.33. The third-order valence-electron chi connectivity index (χ3n) is 3.55. The van der Waals surface area contributed by atoms with Gasteiger partial charge in [-0.15, -0.1) is 0 Å². The van der Waals surface area contributed by atoms with Gasteiger partial charge in [0, 0.05) is 25.5 Å². The molecule has 0 saturated heterocycles. The lowest BCUT2D eigenvalue weighted by Crippen LogP contribution is -2.36. The van der Waals surface area contributed by atoms with Crippen LogP contribution in [-0.4, -0.2) is 38.7 Å². The Kier molecular flexibility index (Phi) is 5.07. The highest BCUT2D eigenvalue weighted by molar-refractivity contribution is 5.84. The number of aromatic nitrogens is 3. The van der Waals surface area contributed by atoms with Gasteiger partial charge >= 0.3 is 6.18 Å². The Morgan fingerprint density at radius 1 is 1.50 bits per heavy atom. The summed E-state index contributed by atoms with van der Waals surface area (Å²) in [5.74, 6) is -0.757. The lowest BCUT2D eigenvalue weighted by atomic mass is 10.2. The molecule has 2 aromatic heterocycles. The number of hydrogen-bond acceptors (Lipinski definition) is 4. The first-order valence-electron chi connectivity index (χ1n) is 7.33. The number of carbonyl (C=O) groups excluding carboxylic acids is 1. The smallest absolute Gasteiger partial charge is 0.340 e. The molecule has 6 nitrogen and oxygen atoms in total. The van der Waals surface area contributed by atoms with E-state index in [0.717, 1.165) is 10.9 Å². The van der Waals surface area contributed by atoms with Crippen molar-refractivity contribution in [3.05, 3.63) is 24.2 Å². The summed E-state index contributed by atoms with van der Waals surface area (Å²) in [6.07, 6.45) is -2.20. The van der Waals surface area contributed by atoms with Crippen molar-refractivity contribution in [2.45, 2.75) is 26.6 Å². The molecule has 2 heterocycles. The minimum Gasteiger partial charge on any atom is -0.340 e. The molecule has 2 aromatic rings. The summed E-state index contributed by atoms with van der Waals surface area (Å²) in [6, 6.07) is 3.42. The molecule has 0 radical (unpaired) electrons. The van der Waals surface area contributed by atoms with Gasteiger partial charge in [0.1, 0.15) is 6.54 Å². The molecule has 1 atom stereocenters. The summed E-state index contributed by atoms with van der Waals surface area (Å²) >= 11 is 0. The van der Waals surface area contributed by atoms with E-state index < -0.39 is 17.8 Å². The number of carbonyl (C=O) groups is 1. The maximum Gasteiger partial charge on any atom is 0.435 e. The van der Waals surface area contributed by atoms with E-state index in [9.17, 15) is 18.0 Å². The second-order valence-corrected chi connectivity index (χ2v) is 5.36. The molecule has 0 aromatic carbocycles. The fourth-order valence-corrected chi connectivity index (χ4v) is 2.36. The zero-order valence-electron chi connectivity index (χ0n) is 13.2. The normalized spacial score (nSPS) is 12.8. The summed E-state index contributed by atoms with van der Waals surface area (Å²) in [5, 5.41) is 12.3. The largest absolute Gasteiger partial charge is 0.435 e. The molecule has 0 fully saturated rings. The van der Waals surface area contributed by atoms with Gasteiger partial charge in [-0.05, 0) is 19.9 Å². The highest BCUT2D eigenvalue weighted by atomic mass is 19.4. The third-order valence-corrected chi connectivity index (χ3v) is 3.55. The van der Waals surface area contributed by atoms with Crippen LogP contribution >= 0.6 is 0 Å². The molecule has 0 bridgehead atoms. The van der Waals surface area contributed by atoms with E-state index in [0.29, 0.717) is 6.54 Å². The van der Waals surface area contributed by atoms with Crippen molar-refractivity contribution in [3.8, 4) is 6.07 Å². The topological polar surface area (TPSA) is 74.8 Å². The third kappa shape index (κ3) is 3.64. The summed E-state index contributed by atoms with van der Waals surface area (Å²) in [6.45, 7) is 3.67. The highest BCUT2D eigenvalue weighted by Crippen LogP contribution is 2.33. The Morgan fingerprint density at radius 3 is 2.79 bits per heavy atom. The van der Waals surface area contributed by atoms with Crippen molar-refractivity contribution in [2.24, 2.45) is 5.92 Å². The van der Waals surface area contributed by atoms with E-state index >= 15 is 0 Å². The number of pyridine rings is 1. The number of rotatable bonds is 5.